The van der Waals surface area contributed by atoms with Crippen LogP contribution in [0.3, 0.4) is 0 Å². The third-order valence-corrected chi connectivity index (χ3v) is 9.58. The van der Waals surface area contributed by atoms with E-state index in [1.807, 2.05) is 53.7 Å². The maximum absolute atomic E-state index is 15.0. The van der Waals surface area contributed by atoms with E-state index in [-0.39, 0.29) is 5.30 Å². The molecule has 0 aliphatic rings. The van der Waals surface area contributed by atoms with Crippen molar-refractivity contribution < 1.29 is 23.6 Å². The Labute approximate surface area is 214 Å². The van der Waals surface area contributed by atoms with Gasteiger partial charge in [0.2, 0.25) is 18.2 Å². The zero-order valence-electron chi connectivity index (χ0n) is 22.4. The third-order valence-electron chi connectivity index (χ3n) is 6.96. The van der Waals surface area contributed by atoms with Crippen LogP contribution < -0.4 is 5.30 Å². The molecule has 5 nitrogen and oxygen atoms in total. The highest BCUT2D eigenvalue weighted by Crippen LogP contribution is 2.53. The van der Waals surface area contributed by atoms with Gasteiger partial charge in [-0.1, -0.05) is 42.5 Å². The predicted octanol–water partition coefficient (Wildman–Crippen LogP) is 6.50. The lowest BCUT2D eigenvalue weighted by Crippen LogP contribution is -2.24. The van der Waals surface area contributed by atoms with Gasteiger partial charge in [-0.3, -0.25) is 9.59 Å². The Balaban J connectivity index is 2.35. The third kappa shape index (κ3) is 4.76. The number of aryl methyl sites for hydroxylation is 4. The van der Waals surface area contributed by atoms with Gasteiger partial charge in [0, 0.05) is 30.7 Å². The van der Waals surface area contributed by atoms with Crippen LogP contribution >= 0.6 is 7.14 Å². The van der Waals surface area contributed by atoms with Gasteiger partial charge in [-0.25, -0.2) is 0 Å². The first-order valence-corrected chi connectivity index (χ1v) is 13.6. The Kier molecular flexibility index (Phi) is 8.51. The minimum atomic E-state index is -4.27. The molecular weight excluding hydrogens is 471 g/mol. The maximum atomic E-state index is 15.0. The summed E-state index contributed by atoms with van der Waals surface area (Å²) in [4.78, 5) is 28.7. The first-order valence-electron chi connectivity index (χ1n) is 11.9. The van der Waals surface area contributed by atoms with Gasteiger partial charge in [0.05, 0.1) is 13.2 Å². The molecule has 190 valence electrons. The van der Waals surface area contributed by atoms with Gasteiger partial charge < -0.3 is 14.0 Å². The molecule has 0 unspecified atom stereocenters. The lowest BCUT2D eigenvalue weighted by molar-refractivity contribution is 0.103. The Morgan fingerprint density at radius 1 is 0.667 bits per heavy atom. The molecule has 0 radical (unpaired) electrons. The van der Waals surface area contributed by atoms with E-state index in [4.69, 9.17) is 9.47 Å². The molecule has 0 aromatic heterocycles. The number of methoxy groups -OCH3 is 2. The van der Waals surface area contributed by atoms with E-state index in [0.29, 0.717) is 46.6 Å². The second-order valence-corrected chi connectivity index (χ2v) is 11.9. The number of hydrogen-bond acceptors (Lipinski definition) is 5. The minimum absolute atomic E-state index is 0.236. The van der Waals surface area contributed by atoms with Gasteiger partial charge in [0.15, 0.2) is 0 Å². The molecule has 3 aromatic carbocycles. The predicted molar refractivity (Wildman–Crippen MR) is 145 cm³/mol. The molecule has 0 aliphatic carbocycles. The normalized spacial score (nSPS) is 11.6. The van der Waals surface area contributed by atoms with Crippen molar-refractivity contribution >= 4 is 23.5 Å². The second kappa shape index (κ2) is 11.0. The summed E-state index contributed by atoms with van der Waals surface area (Å²) < 4.78 is 25.7. The monoisotopic (exact) mass is 506 g/mol. The average Bonchev–Trinajstić information content (AvgIpc) is 2.83. The van der Waals surface area contributed by atoms with Crippen LogP contribution in [0.15, 0.2) is 42.5 Å². The first kappa shape index (κ1) is 27.7. The summed E-state index contributed by atoms with van der Waals surface area (Å²) >= 11 is 0. The van der Waals surface area contributed by atoms with E-state index in [2.05, 4.69) is 0 Å². The van der Waals surface area contributed by atoms with E-state index in [0.717, 1.165) is 22.3 Å². The number of carbonyl (C=O) groups excluding carboxylic acids is 2. The summed E-state index contributed by atoms with van der Waals surface area (Å²) in [6, 6.07) is 12.2. The highest BCUT2D eigenvalue weighted by Gasteiger charge is 2.45. The summed E-state index contributed by atoms with van der Waals surface area (Å²) in [5.41, 5.74) is 5.84. The molecule has 0 atom stereocenters. The van der Waals surface area contributed by atoms with E-state index < -0.39 is 18.2 Å². The number of hydrogen-bond donors (Lipinski definition) is 0. The van der Waals surface area contributed by atoms with Crippen molar-refractivity contribution in [1.29, 1.82) is 0 Å². The Morgan fingerprint density at radius 3 is 1.42 bits per heavy atom. The Bertz CT molecular complexity index is 1290. The fourth-order valence-electron chi connectivity index (χ4n) is 5.12. The van der Waals surface area contributed by atoms with Gasteiger partial charge in [0.1, 0.15) is 0 Å². The molecule has 3 rings (SSSR count). The SMILES string of the molecule is COCc1c(C)cc(C)c(C(=O)P(=O)(C(=O)c2c(C)cc(C)c(COC)c2C)c2ccccc2)c1C. The molecule has 0 fully saturated rings. The molecule has 6 heteroatoms. The van der Waals surface area contributed by atoms with Crippen LogP contribution in [0.25, 0.3) is 0 Å². The highest BCUT2D eigenvalue weighted by molar-refractivity contribution is 8.01. The summed E-state index contributed by atoms with van der Waals surface area (Å²) in [5.74, 6) is 0. The number of carbonyl (C=O) groups is 2. The van der Waals surface area contributed by atoms with Gasteiger partial charge in [0.25, 0.3) is 0 Å². The molecule has 0 saturated heterocycles. The molecule has 0 amide bonds. The maximum Gasteiger partial charge on any atom is 0.248 e. The van der Waals surface area contributed by atoms with Crippen LogP contribution in [0, 0.1) is 41.5 Å². The molecule has 0 N–H and O–H groups in total. The Hall–Kier alpha value is -2.85. The van der Waals surface area contributed by atoms with Gasteiger partial charge in [-0.15, -0.1) is 0 Å². The standard InChI is InChI=1S/C30H35O5P/c1-18-14-20(3)27(22(5)25(18)16-34-7)29(31)36(33,24-12-10-9-11-13-24)30(32)28-21(4)15-19(2)26(17-35-8)23(28)6/h9-15H,16-17H2,1-8H3. The van der Waals surface area contributed by atoms with Crippen molar-refractivity contribution in [3.05, 3.63) is 98.1 Å². The molecule has 3 aromatic rings. The van der Waals surface area contributed by atoms with Crippen molar-refractivity contribution in [2.45, 2.75) is 54.8 Å². The molecule has 0 heterocycles. The molecular formula is C30H35O5P. The summed E-state index contributed by atoms with van der Waals surface area (Å²) in [6.07, 6.45) is 0. The zero-order chi connectivity index (χ0) is 26.8. The van der Waals surface area contributed by atoms with E-state index in [9.17, 15) is 14.2 Å². The molecule has 0 aliphatic heterocycles. The fraction of sp³-hybridized carbons (Fsp3) is 0.333. The van der Waals surface area contributed by atoms with Crippen LogP contribution in [0.1, 0.15) is 65.2 Å². The highest BCUT2D eigenvalue weighted by atomic mass is 31.2. The lowest BCUT2D eigenvalue weighted by atomic mass is 9.94. The number of benzene rings is 3. The lowest BCUT2D eigenvalue weighted by Gasteiger charge is -2.23. The average molecular weight is 507 g/mol. The molecule has 0 bridgehead atoms. The van der Waals surface area contributed by atoms with Gasteiger partial charge in [-0.2, -0.15) is 0 Å². The largest absolute Gasteiger partial charge is 0.380 e. The minimum Gasteiger partial charge on any atom is -0.380 e. The van der Waals surface area contributed by atoms with Crippen LogP contribution in [-0.2, 0) is 27.3 Å². The second-order valence-electron chi connectivity index (χ2n) is 9.40. The van der Waals surface area contributed by atoms with E-state index in [1.54, 1.807) is 44.6 Å². The number of ether oxygens (including phenoxy) is 2. The summed E-state index contributed by atoms with van der Waals surface area (Å²) in [6.45, 7) is 11.9. The summed E-state index contributed by atoms with van der Waals surface area (Å²) in [5, 5.41) is 0.236. The molecule has 0 spiro atoms. The smallest absolute Gasteiger partial charge is 0.248 e. The van der Waals surface area contributed by atoms with Gasteiger partial charge >= 0.3 is 0 Å². The van der Waals surface area contributed by atoms with Crippen LogP contribution in [-0.4, -0.2) is 25.3 Å². The van der Waals surface area contributed by atoms with Crippen LogP contribution in [0.2, 0.25) is 0 Å². The fourth-order valence-corrected chi connectivity index (χ4v) is 7.69. The Morgan fingerprint density at radius 2 is 1.06 bits per heavy atom. The molecule has 0 saturated carbocycles. The van der Waals surface area contributed by atoms with Crippen molar-refractivity contribution in [1.82, 2.24) is 0 Å². The first-order chi connectivity index (χ1) is 17.0. The van der Waals surface area contributed by atoms with Crippen molar-refractivity contribution in [2.75, 3.05) is 14.2 Å². The van der Waals surface area contributed by atoms with Crippen molar-refractivity contribution in [3.63, 3.8) is 0 Å². The van der Waals surface area contributed by atoms with Crippen molar-refractivity contribution in [2.24, 2.45) is 0 Å². The van der Waals surface area contributed by atoms with Crippen molar-refractivity contribution in [3.8, 4) is 0 Å². The van der Waals surface area contributed by atoms with Gasteiger partial charge in [-0.05, 0) is 86.1 Å². The van der Waals surface area contributed by atoms with Crippen LogP contribution in [0.4, 0.5) is 0 Å². The zero-order valence-corrected chi connectivity index (χ0v) is 23.3. The van der Waals surface area contributed by atoms with E-state index >= 15 is 0 Å². The van der Waals surface area contributed by atoms with E-state index in [1.165, 1.54) is 0 Å². The molecule has 36 heavy (non-hydrogen) atoms. The quantitative estimate of drug-likeness (QED) is 0.310. The topological polar surface area (TPSA) is 69.7 Å². The summed E-state index contributed by atoms with van der Waals surface area (Å²) in [7, 11) is -1.08. The van der Waals surface area contributed by atoms with Crippen LogP contribution in [0.5, 0.6) is 0 Å². The number of rotatable bonds is 9.